The first-order valence-corrected chi connectivity index (χ1v) is 7.87. The van der Waals surface area contributed by atoms with Gasteiger partial charge in [-0.25, -0.2) is 0 Å². The van der Waals surface area contributed by atoms with Crippen LogP contribution in [0.25, 0.3) is 0 Å². The van der Waals surface area contributed by atoms with Crippen LogP contribution in [0.3, 0.4) is 0 Å². The topological polar surface area (TPSA) is 12.0 Å². The van der Waals surface area contributed by atoms with Gasteiger partial charge in [0, 0.05) is 17.1 Å². The molecular weight excluding hydrogens is 276 g/mol. The van der Waals surface area contributed by atoms with E-state index in [0.717, 1.165) is 25.1 Å². The van der Waals surface area contributed by atoms with E-state index in [9.17, 15) is 8.78 Å². The normalized spacial score (nSPS) is 22.8. The molecule has 0 aromatic heterocycles. The van der Waals surface area contributed by atoms with Crippen molar-refractivity contribution >= 4 is 17.4 Å². The summed E-state index contributed by atoms with van der Waals surface area (Å²) in [5.74, 6) is -1.18. The molecule has 0 amide bonds. The van der Waals surface area contributed by atoms with Crippen LogP contribution in [-0.2, 0) is 0 Å². The molecule has 2 rings (SSSR count). The Hall–Kier alpha value is -1.03. The third kappa shape index (κ3) is 4.51. The van der Waals surface area contributed by atoms with Crippen LogP contribution in [0.5, 0.6) is 0 Å². The molecule has 4 heteroatoms. The van der Waals surface area contributed by atoms with Crippen LogP contribution in [0.15, 0.2) is 40.8 Å². The van der Waals surface area contributed by atoms with Gasteiger partial charge in [-0.15, -0.1) is 0 Å². The number of benzene rings is 1. The Morgan fingerprint density at radius 3 is 2.80 bits per heavy atom. The minimum absolute atomic E-state index is 0.583. The van der Waals surface area contributed by atoms with Crippen molar-refractivity contribution < 1.29 is 8.78 Å². The van der Waals surface area contributed by atoms with Crippen LogP contribution in [-0.4, -0.2) is 12.3 Å². The highest BCUT2D eigenvalue weighted by atomic mass is 32.2. The molecule has 2 atom stereocenters. The van der Waals surface area contributed by atoms with Gasteiger partial charge >= 0.3 is 0 Å². The number of hydrogen-bond acceptors (Lipinski definition) is 2. The summed E-state index contributed by atoms with van der Waals surface area (Å²) in [6, 6.07) is 7.30. The van der Waals surface area contributed by atoms with Crippen molar-refractivity contribution in [1.29, 1.82) is 0 Å². The molecule has 0 bridgehead atoms. The Morgan fingerprint density at radius 2 is 2.10 bits per heavy atom. The Bertz CT molecular complexity index is 473. The molecule has 0 saturated carbocycles. The molecule has 110 valence electrons. The first-order valence-electron chi connectivity index (χ1n) is 6.99. The second-order valence-corrected chi connectivity index (χ2v) is 6.58. The molecular formula is C16H21F2NS. The highest BCUT2D eigenvalue weighted by Crippen LogP contribution is 2.33. The van der Waals surface area contributed by atoms with E-state index < -0.39 is 5.76 Å². The smallest absolute Gasteiger partial charge is 0.288 e. The van der Waals surface area contributed by atoms with Crippen LogP contribution >= 0.6 is 11.8 Å². The fourth-order valence-electron chi connectivity index (χ4n) is 2.91. The van der Waals surface area contributed by atoms with Crippen molar-refractivity contribution in [3.63, 3.8) is 0 Å². The number of halogens is 2. The molecule has 1 aliphatic carbocycles. The number of rotatable bonds is 5. The van der Waals surface area contributed by atoms with Crippen molar-refractivity contribution in [2.75, 3.05) is 11.9 Å². The van der Waals surface area contributed by atoms with E-state index in [-0.39, 0.29) is 0 Å². The average Bonchev–Trinajstić information content (AvgIpc) is 2.36. The number of alkyl halides is 2. The summed E-state index contributed by atoms with van der Waals surface area (Å²) < 4.78 is 25.1. The summed E-state index contributed by atoms with van der Waals surface area (Å²) in [7, 11) is 0. The Labute approximate surface area is 123 Å². The lowest BCUT2D eigenvalue weighted by Crippen LogP contribution is -2.20. The number of thioether (sulfide) groups is 1. The van der Waals surface area contributed by atoms with Crippen LogP contribution in [0, 0.1) is 11.8 Å². The molecule has 2 unspecified atom stereocenters. The van der Waals surface area contributed by atoms with E-state index >= 15 is 0 Å². The lowest BCUT2D eigenvalue weighted by molar-refractivity contribution is 0.252. The molecule has 1 aromatic carbocycles. The van der Waals surface area contributed by atoms with Crippen molar-refractivity contribution in [1.82, 2.24) is 0 Å². The first kappa shape index (κ1) is 15.4. The zero-order chi connectivity index (χ0) is 14.5. The van der Waals surface area contributed by atoms with Gasteiger partial charge < -0.3 is 5.32 Å². The average molecular weight is 297 g/mol. The van der Waals surface area contributed by atoms with Crippen molar-refractivity contribution in [2.45, 2.75) is 37.3 Å². The molecule has 0 aliphatic heterocycles. The Balaban J connectivity index is 1.96. The van der Waals surface area contributed by atoms with E-state index in [1.54, 1.807) is 12.1 Å². The van der Waals surface area contributed by atoms with Gasteiger partial charge in [0.1, 0.15) is 0 Å². The van der Waals surface area contributed by atoms with Crippen molar-refractivity contribution in [3.05, 3.63) is 35.9 Å². The second kappa shape index (κ2) is 7.11. The second-order valence-electron chi connectivity index (χ2n) is 5.55. The molecule has 1 aliphatic rings. The van der Waals surface area contributed by atoms with Gasteiger partial charge in [0.05, 0.1) is 0 Å². The fourth-order valence-corrected chi connectivity index (χ4v) is 3.52. The predicted octanol–water partition coefficient (Wildman–Crippen LogP) is 5.41. The van der Waals surface area contributed by atoms with Crippen molar-refractivity contribution in [3.8, 4) is 0 Å². The van der Waals surface area contributed by atoms with Gasteiger partial charge in [0.2, 0.25) is 0 Å². The maximum atomic E-state index is 12.5. The number of hydrogen-bond donors (Lipinski definition) is 1. The first-order chi connectivity index (χ1) is 9.54. The van der Waals surface area contributed by atoms with Gasteiger partial charge in [-0.05, 0) is 43.7 Å². The van der Waals surface area contributed by atoms with E-state index in [0.29, 0.717) is 28.5 Å². The summed E-state index contributed by atoms with van der Waals surface area (Å²) in [5.41, 5.74) is 2.25. The summed E-state index contributed by atoms with van der Waals surface area (Å²) in [4.78, 5) is 0.624. The maximum absolute atomic E-state index is 12.5. The molecule has 0 radical (unpaired) electrons. The highest BCUT2D eigenvalue weighted by Gasteiger charge is 2.18. The predicted molar refractivity (Wildman–Crippen MR) is 82.4 cm³/mol. The molecule has 0 fully saturated rings. The monoisotopic (exact) mass is 297 g/mol. The van der Waals surface area contributed by atoms with Gasteiger partial charge in [-0.2, -0.15) is 8.78 Å². The summed E-state index contributed by atoms with van der Waals surface area (Å²) >= 11 is 0.606. The molecule has 1 aromatic rings. The van der Waals surface area contributed by atoms with Gasteiger partial charge in [-0.3, -0.25) is 0 Å². The van der Waals surface area contributed by atoms with Crippen LogP contribution in [0.4, 0.5) is 14.5 Å². The number of nitrogens with one attached hydrogen (secondary N) is 1. The van der Waals surface area contributed by atoms with Crippen LogP contribution < -0.4 is 5.32 Å². The number of allylic oxidation sites excluding steroid dienone is 2. The Kier molecular flexibility index (Phi) is 5.46. The van der Waals surface area contributed by atoms with Gasteiger partial charge in [0.15, 0.2) is 0 Å². The molecule has 0 spiro atoms. The molecule has 1 nitrogen and oxygen atoms in total. The SMILES string of the molecule is CC1=CC(C)CC(CNc2ccccc2SC(F)F)C1. The summed E-state index contributed by atoms with van der Waals surface area (Å²) in [6.07, 6.45) is 4.59. The van der Waals surface area contributed by atoms with E-state index in [2.05, 4.69) is 25.2 Å². The molecule has 20 heavy (non-hydrogen) atoms. The van der Waals surface area contributed by atoms with Gasteiger partial charge in [-0.1, -0.05) is 42.5 Å². The minimum Gasteiger partial charge on any atom is -0.384 e. The minimum atomic E-state index is -2.38. The third-order valence-corrected chi connectivity index (χ3v) is 4.36. The lowest BCUT2D eigenvalue weighted by Gasteiger charge is -2.26. The summed E-state index contributed by atoms with van der Waals surface area (Å²) in [5, 5.41) is 3.35. The molecule has 0 saturated heterocycles. The number of para-hydroxylation sites is 1. The van der Waals surface area contributed by atoms with E-state index in [4.69, 9.17) is 0 Å². The molecule has 1 N–H and O–H groups in total. The molecule has 0 heterocycles. The third-order valence-electron chi connectivity index (χ3n) is 3.57. The lowest BCUT2D eigenvalue weighted by atomic mass is 9.84. The van der Waals surface area contributed by atoms with Crippen molar-refractivity contribution in [2.24, 2.45) is 11.8 Å². The van der Waals surface area contributed by atoms with Crippen LogP contribution in [0.2, 0.25) is 0 Å². The summed E-state index contributed by atoms with van der Waals surface area (Å²) in [6.45, 7) is 5.25. The fraction of sp³-hybridized carbons (Fsp3) is 0.500. The number of anilines is 1. The van der Waals surface area contributed by atoms with E-state index in [1.807, 2.05) is 12.1 Å². The maximum Gasteiger partial charge on any atom is 0.288 e. The highest BCUT2D eigenvalue weighted by molar-refractivity contribution is 7.99. The van der Waals surface area contributed by atoms with Crippen LogP contribution in [0.1, 0.15) is 26.7 Å². The standard InChI is InChI=1S/C16H21F2NS/c1-11-7-12(2)9-13(8-11)10-19-14-5-3-4-6-15(14)20-16(17)18/h3-7,11,13,16,19H,8-10H2,1-2H3. The zero-order valence-electron chi connectivity index (χ0n) is 11.9. The van der Waals surface area contributed by atoms with Gasteiger partial charge in [0.25, 0.3) is 5.76 Å². The quantitative estimate of drug-likeness (QED) is 0.576. The largest absolute Gasteiger partial charge is 0.384 e. The zero-order valence-corrected chi connectivity index (χ0v) is 12.7. The van der Waals surface area contributed by atoms with E-state index in [1.165, 1.54) is 5.57 Å². The Morgan fingerprint density at radius 1 is 1.35 bits per heavy atom.